The van der Waals surface area contributed by atoms with E-state index in [2.05, 4.69) is 18.3 Å². The van der Waals surface area contributed by atoms with Crippen molar-refractivity contribution in [2.24, 2.45) is 5.41 Å². The minimum absolute atomic E-state index is 0.103. The number of carbonyl (C=O) groups excluding carboxylic acids is 1. The first-order chi connectivity index (χ1) is 12.2. The van der Waals surface area contributed by atoms with Crippen LogP contribution in [0.5, 0.6) is 0 Å². The van der Waals surface area contributed by atoms with Gasteiger partial charge in [-0.3, -0.25) is 4.79 Å². The van der Waals surface area contributed by atoms with E-state index in [-0.39, 0.29) is 5.91 Å². The van der Waals surface area contributed by atoms with Crippen LogP contribution in [-0.4, -0.2) is 55.9 Å². The van der Waals surface area contributed by atoms with E-state index in [1.165, 1.54) is 19.3 Å². The number of rotatable bonds is 5. The highest BCUT2D eigenvalue weighted by Crippen LogP contribution is 2.58. The third-order valence-electron chi connectivity index (χ3n) is 6.19. The molecule has 2 unspecified atom stereocenters. The Bertz CT molecular complexity index is 623. The molecule has 0 aromatic heterocycles. The lowest BCUT2D eigenvalue weighted by atomic mass is 9.51. The lowest BCUT2D eigenvalue weighted by molar-refractivity contribution is -0.157. The topological polar surface area (TPSA) is 50.8 Å². The first-order valence-corrected chi connectivity index (χ1v) is 9.58. The van der Waals surface area contributed by atoms with Crippen molar-refractivity contribution in [3.63, 3.8) is 0 Å². The molecule has 25 heavy (non-hydrogen) atoms. The number of ether oxygens (including phenoxy) is 2. The second-order valence-corrected chi connectivity index (χ2v) is 7.45. The van der Waals surface area contributed by atoms with E-state index in [0.717, 1.165) is 24.3 Å². The molecule has 5 nitrogen and oxygen atoms in total. The highest BCUT2D eigenvalue weighted by molar-refractivity contribution is 5.95. The Morgan fingerprint density at radius 3 is 2.84 bits per heavy atom. The van der Waals surface area contributed by atoms with E-state index >= 15 is 0 Å². The normalized spacial score (nSPS) is 27.5. The van der Waals surface area contributed by atoms with E-state index in [4.69, 9.17) is 9.47 Å². The SMILES string of the molecule is CCOC1CC(Nc2cccc(C(=O)N3CCOCC3)c2)C12CCC2. The van der Waals surface area contributed by atoms with Crippen molar-refractivity contribution < 1.29 is 14.3 Å². The molecule has 1 saturated heterocycles. The van der Waals surface area contributed by atoms with E-state index < -0.39 is 0 Å². The van der Waals surface area contributed by atoms with Crippen LogP contribution in [0.3, 0.4) is 0 Å². The summed E-state index contributed by atoms with van der Waals surface area (Å²) >= 11 is 0. The van der Waals surface area contributed by atoms with Crippen LogP contribution in [0.25, 0.3) is 0 Å². The molecule has 2 atom stereocenters. The van der Waals surface area contributed by atoms with Gasteiger partial charge in [-0.25, -0.2) is 0 Å². The molecule has 1 aliphatic heterocycles. The fourth-order valence-electron chi connectivity index (χ4n) is 4.53. The van der Waals surface area contributed by atoms with Gasteiger partial charge in [-0.2, -0.15) is 0 Å². The number of hydrogen-bond acceptors (Lipinski definition) is 4. The van der Waals surface area contributed by atoms with Crippen LogP contribution >= 0.6 is 0 Å². The number of amides is 1. The van der Waals surface area contributed by atoms with Gasteiger partial charge in [0.2, 0.25) is 0 Å². The summed E-state index contributed by atoms with van der Waals surface area (Å²) in [5.41, 5.74) is 2.13. The molecule has 2 saturated carbocycles. The summed E-state index contributed by atoms with van der Waals surface area (Å²) in [5, 5.41) is 3.68. The van der Waals surface area contributed by atoms with Crippen molar-refractivity contribution in [1.82, 2.24) is 4.90 Å². The predicted molar refractivity (Wildman–Crippen MR) is 96.9 cm³/mol. The summed E-state index contributed by atoms with van der Waals surface area (Å²) in [7, 11) is 0. The standard InChI is InChI=1S/C20H28N2O3/c1-2-25-18-14-17(20(18)7-4-8-20)21-16-6-3-5-15(13-16)19(23)22-9-11-24-12-10-22/h3,5-6,13,17-18,21H,2,4,7-12,14H2,1H3. The average Bonchev–Trinajstić information content (AvgIpc) is 2.60. The van der Waals surface area contributed by atoms with Crippen molar-refractivity contribution in [2.75, 3.05) is 38.2 Å². The first kappa shape index (κ1) is 16.9. The van der Waals surface area contributed by atoms with Gasteiger partial charge in [-0.05, 0) is 44.4 Å². The van der Waals surface area contributed by atoms with E-state index in [1.807, 2.05) is 23.1 Å². The van der Waals surface area contributed by atoms with Crippen molar-refractivity contribution in [3.8, 4) is 0 Å². The van der Waals surface area contributed by atoms with E-state index in [9.17, 15) is 4.79 Å². The molecule has 1 heterocycles. The summed E-state index contributed by atoms with van der Waals surface area (Å²) in [6.45, 7) is 5.49. The number of anilines is 1. The lowest BCUT2D eigenvalue weighted by Crippen LogP contribution is -2.64. The maximum Gasteiger partial charge on any atom is 0.254 e. The predicted octanol–water partition coefficient (Wildman–Crippen LogP) is 2.92. The highest BCUT2D eigenvalue weighted by atomic mass is 16.5. The van der Waals surface area contributed by atoms with Gasteiger partial charge in [-0.1, -0.05) is 12.5 Å². The van der Waals surface area contributed by atoms with Gasteiger partial charge in [0.15, 0.2) is 0 Å². The molecule has 1 amide bonds. The molecule has 0 radical (unpaired) electrons. The van der Waals surface area contributed by atoms with Gasteiger partial charge in [0.1, 0.15) is 0 Å². The molecule has 3 aliphatic rings. The van der Waals surface area contributed by atoms with Gasteiger partial charge < -0.3 is 19.7 Å². The Balaban J connectivity index is 1.43. The molecule has 5 heteroatoms. The van der Waals surface area contributed by atoms with Crippen LogP contribution in [0.2, 0.25) is 0 Å². The number of carbonyl (C=O) groups is 1. The highest BCUT2D eigenvalue weighted by Gasteiger charge is 2.58. The molecule has 1 aromatic rings. The molecule has 2 aliphatic carbocycles. The summed E-state index contributed by atoms with van der Waals surface area (Å²) in [6, 6.07) is 8.41. The summed E-state index contributed by atoms with van der Waals surface area (Å²) in [5.74, 6) is 0.103. The third-order valence-corrected chi connectivity index (χ3v) is 6.19. The number of benzene rings is 1. The summed E-state index contributed by atoms with van der Waals surface area (Å²) < 4.78 is 11.3. The fraction of sp³-hybridized carbons (Fsp3) is 0.650. The van der Waals surface area contributed by atoms with Gasteiger partial charge in [0.25, 0.3) is 5.91 Å². The zero-order chi connectivity index (χ0) is 17.3. The van der Waals surface area contributed by atoms with Crippen LogP contribution in [-0.2, 0) is 9.47 Å². The number of morpholine rings is 1. The Morgan fingerprint density at radius 2 is 2.16 bits per heavy atom. The minimum atomic E-state index is 0.103. The lowest BCUT2D eigenvalue weighted by Gasteiger charge is -2.61. The molecule has 4 rings (SSSR count). The molecule has 136 valence electrons. The molecular formula is C20H28N2O3. The summed E-state index contributed by atoms with van der Waals surface area (Å²) in [4.78, 5) is 14.6. The van der Waals surface area contributed by atoms with Crippen LogP contribution < -0.4 is 5.32 Å². The molecule has 1 spiro atoms. The van der Waals surface area contributed by atoms with Gasteiger partial charge in [-0.15, -0.1) is 0 Å². The van der Waals surface area contributed by atoms with Crippen LogP contribution in [0.4, 0.5) is 5.69 Å². The van der Waals surface area contributed by atoms with E-state index in [0.29, 0.717) is 43.9 Å². The minimum Gasteiger partial charge on any atom is -0.382 e. The van der Waals surface area contributed by atoms with Gasteiger partial charge in [0, 0.05) is 42.4 Å². The monoisotopic (exact) mass is 344 g/mol. The smallest absolute Gasteiger partial charge is 0.254 e. The van der Waals surface area contributed by atoms with Crippen molar-refractivity contribution in [1.29, 1.82) is 0 Å². The number of nitrogens with one attached hydrogen (secondary N) is 1. The molecule has 0 bridgehead atoms. The molecule has 3 fully saturated rings. The molecule has 1 N–H and O–H groups in total. The molecular weight excluding hydrogens is 316 g/mol. The van der Waals surface area contributed by atoms with Gasteiger partial charge >= 0.3 is 0 Å². The average molecular weight is 344 g/mol. The Hall–Kier alpha value is -1.59. The largest absolute Gasteiger partial charge is 0.382 e. The second kappa shape index (κ2) is 6.96. The van der Waals surface area contributed by atoms with Crippen molar-refractivity contribution in [3.05, 3.63) is 29.8 Å². The fourth-order valence-corrected chi connectivity index (χ4v) is 4.53. The number of hydrogen-bond donors (Lipinski definition) is 1. The Kier molecular flexibility index (Phi) is 4.69. The Labute approximate surface area is 149 Å². The first-order valence-electron chi connectivity index (χ1n) is 9.58. The molecule has 1 aromatic carbocycles. The summed E-state index contributed by atoms with van der Waals surface area (Å²) in [6.07, 6.45) is 5.28. The quantitative estimate of drug-likeness (QED) is 0.892. The maximum absolute atomic E-state index is 12.7. The third kappa shape index (κ3) is 3.04. The second-order valence-electron chi connectivity index (χ2n) is 7.45. The number of nitrogens with zero attached hydrogens (tertiary/aromatic N) is 1. The zero-order valence-electron chi connectivity index (χ0n) is 15.0. The van der Waals surface area contributed by atoms with Crippen molar-refractivity contribution in [2.45, 2.75) is 44.8 Å². The van der Waals surface area contributed by atoms with Crippen LogP contribution in [0.1, 0.15) is 43.0 Å². The van der Waals surface area contributed by atoms with Crippen LogP contribution in [0, 0.1) is 5.41 Å². The Morgan fingerprint density at radius 1 is 1.36 bits per heavy atom. The zero-order valence-corrected chi connectivity index (χ0v) is 15.0. The van der Waals surface area contributed by atoms with E-state index in [1.54, 1.807) is 0 Å². The van der Waals surface area contributed by atoms with Crippen molar-refractivity contribution >= 4 is 11.6 Å². The maximum atomic E-state index is 12.7. The van der Waals surface area contributed by atoms with Crippen LogP contribution in [0.15, 0.2) is 24.3 Å². The van der Waals surface area contributed by atoms with Gasteiger partial charge in [0.05, 0.1) is 19.3 Å².